The second-order valence-electron chi connectivity index (χ2n) is 8.94. The molecule has 190 valence electrons. The number of hydrogen-bond acceptors (Lipinski definition) is 6. The molecule has 11 heteroatoms. The zero-order valence-corrected chi connectivity index (χ0v) is 20.7. The van der Waals surface area contributed by atoms with Crippen LogP contribution >= 0.6 is 0 Å². The molecule has 2 amide bonds. The van der Waals surface area contributed by atoms with Crippen LogP contribution in [0.3, 0.4) is 0 Å². The molecule has 3 N–H and O–H groups in total. The third-order valence-corrected chi connectivity index (χ3v) is 8.43. The SMILES string of the molecule is CCCCCN(CC(=O)NO)S(=O)(=O)N1CCCC1C(=O)Nc1ccc(N2CCCCC2)cc1. The van der Waals surface area contributed by atoms with Crippen LogP contribution in [0, 0.1) is 0 Å². The van der Waals surface area contributed by atoms with Crippen LogP contribution in [0.15, 0.2) is 24.3 Å². The smallest absolute Gasteiger partial charge is 0.283 e. The van der Waals surface area contributed by atoms with E-state index in [1.807, 2.05) is 31.2 Å². The molecule has 0 radical (unpaired) electrons. The fourth-order valence-electron chi connectivity index (χ4n) is 4.57. The van der Waals surface area contributed by atoms with E-state index in [0.29, 0.717) is 24.9 Å². The molecule has 0 spiro atoms. The van der Waals surface area contributed by atoms with Gasteiger partial charge in [-0.3, -0.25) is 14.8 Å². The number of amides is 2. The number of piperidine rings is 1. The normalized spacial score (nSPS) is 19.4. The predicted octanol–water partition coefficient (Wildman–Crippen LogP) is 2.32. The summed E-state index contributed by atoms with van der Waals surface area (Å²) in [5, 5.41) is 11.7. The van der Waals surface area contributed by atoms with Gasteiger partial charge in [0, 0.05) is 37.6 Å². The average Bonchev–Trinajstić information content (AvgIpc) is 3.36. The van der Waals surface area contributed by atoms with E-state index in [0.717, 1.165) is 35.9 Å². The number of hydroxylamine groups is 1. The number of nitrogens with one attached hydrogen (secondary N) is 2. The van der Waals surface area contributed by atoms with Crippen LogP contribution in [0.25, 0.3) is 0 Å². The third-order valence-electron chi connectivity index (χ3n) is 6.44. The quantitative estimate of drug-likeness (QED) is 0.246. The highest BCUT2D eigenvalue weighted by molar-refractivity contribution is 7.86. The summed E-state index contributed by atoms with van der Waals surface area (Å²) in [6.07, 6.45) is 6.87. The molecule has 0 aromatic heterocycles. The van der Waals surface area contributed by atoms with Crippen LogP contribution in [0.1, 0.15) is 58.3 Å². The molecule has 0 aliphatic carbocycles. The first-order valence-electron chi connectivity index (χ1n) is 12.2. The number of anilines is 2. The number of nitrogens with zero attached hydrogens (tertiary/aromatic N) is 3. The lowest BCUT2D eigenvalue weighted by Crippen LogP contribution is -2.52. The third kappa shape index (κ3) is 6.68. The number of hydrogen-bond donors (Lipinski definition) is 3. The Morgan fingerprint density at radius 1 is 1.06 bits per heavy atom. The lowest BCUT2D eigenvalue weighted by Gasteiger charge is -2.30. The largest absolute Gasteiger partial charge is 0.372 e. The first-order chi connectivity index (χ1) is 16.4. The second kappa shape index (κ2) is 12.5. The van der Waals surface area contributed by atoms with Crippen molar-refractivity contribution in [1.29, 1.82) is 0 Å². The summed E-state index contributed by atoms with van der Waals surface area (Å²) in [4.78, 5) is 27.1. The maximum atomic E-state index is 13.4. The van der Waals surface area contributed by atoms with Gasteiger partial charge in [0.1, 0.15) is 6.04 Å². The van der Waals surface area contributed by atoms with E-state index in [1.54, 1.807) is 0 Å². The molecule has 34 heavy (non-hydrogen) atoms. The van der Waals surface area contributed by atoms with Crippen molar-refractivity contribution in [1.82, 2.24) is 14.1 Å². The fourth-order valence-corrected chi connectivity index (χ4v) is 6.39. The highest BCUT2D eigenvalue weighted by atomic mass is 32.2. The lowest BCUT2D eigenvalue weighted by atomic mass is 10.1. The van der Waals surface area contributed by atoms with Crippen LogP contribution < -0.4 is 15.7 Å². The van der Waals surface area contributed by atoms with Gasteiger partial charge in [-0.25, -0.2) is 5.48 Å². The topological polar surface area (TPSA) is 122 Å². The second-order valence-corrected chi connectivity index (χ2v) is 10.8. The molecule has 2 aliphatic rings. The number of carbonyl (C=O) groups is 2. The molecule has 1 aromatic rings. The van der Waals surface area contributed by atoms with E-state index in [9.17, 15) is 18.0 Å². The molecule has 2 heterocycles. The highest BCUT2D eigenvalue weighted by Crippen LogP contribution is 2.26. The summed E-state index contributed by atoms with van der Waals surface area (Å²) in [6.45, 7) is 3.92. The Morgan fingerprint density at radius 3 is 2.41 bits per heavy atom. The van der Waals surface area contributed by atoms with Crippen LogP contribution in [0.4, 0.5) is 11.4 Å². The first kappa shape index (κ1) is 26.4. The molecular weight excluding hydrogens is 458 g/mol. The van der Waals surface area contributed by atoms with Crippen molar-refractivity contribution in [2.45, 2.75) is 64.3 Å². The Hall–Kier alpha value is -2.21. The molecule has 2 fully saturated rings. The number of benzene rings is 1. The van der Waals surface area contributed by atoms with Crippen molar-refractivity contribution >= 4 is 33.4 Å². The Bertz CT molecular complexity index is 918. The van der Waals surface area contributed by atoms with Crippen molar-refractivity contribution in [3.05, 3.63) is 24.3 Å². The number of rotatable bonds is 11. The van der Waals surface area contributed by atoms with Gasteiger partial charge < -0.3 is 10.2 Å². The number of carbonyl (C=O) groups excluding carboxylic acids is 2. The van der Waals surface area contributed by atoms with E-state index in [2.05, 4.69) is 10.2 Å². The van der Waals surface area contributed by atoms with Gasteiger partial charge in [-0.2, -0.15) is 17.0 Å². The zero-order chi connectivity index (χ0) is 24.6. The summed E-state index contributed by atoms with van der Waals surface area (Å²) in [5.74, 6) is -1.19. The Balaban J connectivity index is 1.68. The van der Waals surface area contributed by atoms with E-state index >= 15 is 0 Å². The first-order valence-corrected chi connectivity index (χ1v) is 13.6. The van der Waals surface area contributed by atoms with Gasteiger partial charge in [0.05, 0.1) is 6.54 Å². The summed E-state index contributed by atoms with van der Waals surface area (Å²) < 4.78 is 29.0. The van der Waals surface area contributed by atoms with E-state index in [1.165, 1.54) is 29.0 Å². The van der Waals surface area contributed by atoms with Gasteiger partial charge in [-0.15, -0.1) is 0 Å². The zero-order valence-electron chi connectivity index (χ0n) is 19.9. The van der Waals surface area contributed by atoms with Crippen LogP contribution in [0.2, 0.25) is 0 Å². The molecule has 1 atom stereocenters. The number of unbranched alkanes of at least 4 members (excludes halogenated alkanes) is 2. The fraction of sp³-hybridized carbons (Fsp3) is 0.652. The minimum atomic E-state index is -4.07. The standard InChI is InChI=1S/C23H37N5O5S/c1-2-3-5-16-27(18-22(29)25-31)34(32,33)28-17-8-9-21(28)23(30)24-19-10-12-20(13-11-19)26-14-6-4-7-15-26/h10-13,21,31H,2-9,14-18H2,1H3,(H,24,30)(H,25,29). The van der Waals surface area contributed by atoms with Gasteiger partial charge in [0.25, 0.3) is 16.1 Å². The van der Waals surface area contributed by atoms with E-state index in [-0.39, 0.29) is 19.0 Å². The minimum absolute atomic E-state index is 0.145. The van der Waals surface area contributed by atoms with Gasteiger partial charge in [0.15, 0.2) is 0 Å². The molecule has 1 unspecified atom stereocenters. The molecular formula is C23H37N5O5S. The van der Waals surface area contributed by atoms with Crippen molar-refractivity contribution < 1.29 is 23.2 Å². The van der Waals surface area contributed by atoms with Crippen molar-refractivity contribution in [3.8, 4) is 0 Å². The molecule has 0 bridgehead atoms. The van der Waals surface area contributed by atoms with E-state index < -0.39 is 28.7 Å². The maximum absolute atomic E-state index is 13.4. The van der Waals surface area contributed by atoms with E-state index in [4.69, 9.17) is 5.21 Å². The van der Waals surface area contributed by atoms with Crippen LogP contribution in [0.5, 0.6) is 0 Å². The van der Waals surface area contributed by atoms with Gasteiger partial charge in [0.2, 0.25) is 5.91 Å². The monoisotopic (exact) mass is 495 g/mol. The maximum Gasteiger partial charge on any atom is 0.283 e. The molecule has 1 aromatic carbocycles. The summed E-state index contributed by atoms with van der Waals surface area (Å²) in [7, 11) is -4.07. The lowest BCUT2D eigenvalue weighted by molar-refractivity contribution is -0.129. The highest BCUT2D eigenvalue weighted by Gasteiger charge is 2.42. The average molecular weight is 496 g/mol. The minimum Gasteiger partial charge on any atom is -0.372 e. The van der Waals surface area contributed by atoms with Crippen molar-refractivity contribution in [2.75, 3.05) is 42.9 Å². The van der Waals surface area contributed by atoms with Crippen LogP contribution in [-0.4, -0.2) is 72.8 Å². The van der Waals surface area contributed by atoms with Crippen molar-refractivity contribution in [2.24, 2.45) is 0 Å². The Kier molecular flexibility index (Phi) is 9.69. The Morgan fingerprint density at radius 2 is 1.76 bits per heavy atom. The van der Waals surface area contributed by atoms with Gasteiger partial charge in [-0.05, 0) is 62.8 Å². The molecule has 3 rings (SSSR count). The summed E-state index contributed by atoms with van der Waals surface area (Å²) >= 11 is 0. The molecule has 2 saturated heterocycles. The predicted molar refractivity (Wildman–Crippen MR) is 131 cm³/mol. The molecule has 2 aliphatic heterocycles. The van der Waals surface area contributed by atoms with Gasteiger partial charge in [-0.1, -0.05) is 19.8 Å². The molecule has 10 nitrogen and oxygen atoms in total. The molecule has 0 saturated carbocycles. The van der Waals surface area contributed by atoms with Crippen molar-refractivity contribution in [3.63, 3.8) is 0 Å². The Labute approximate surface area is 202 Å². The summed E-state index contributed by atoms with van der Waals surface area (Å²) in [5.41, 5.74) is 3.24. The summed E-state index contributed by atoms with van der Waals surface area (Å²) in [6, 6.07) is 6.80. The van der Waals surface area contributed by atoms with Crippen LogP contribution in [-0.2, 0) is 19.8 Å². The van der Waals surface area contributed by atoms with Gasteiger partial charge >= 0.3 is 0 Å².